The van der Waals surface area contributed by atoms with E-state index in [0.717, 1.165) is 29.5 Å². The number of hydrogen-bond donors (Lipinski definition) is 3. The largest absolute Gasteiger partial charge is 0.324 e. The molecule has 0 unspecified atom stereocenters. The van der Waals surface area contributed by atoms with Crippen LogP contribution in [0.3, 0.4) is 0 Å². The summed E-state index contributed by atoms with van der Waals surface area (Å²) in [5.74, 6) is 2.06. The van der Waals surface area contributed by atoms with Gasteiger partial charge in [0.25, 0.3) is 0 Å². The Hall–Kier alpha value is -2.21. The van der Waals surface area contributed by atoms with Crippen molar-refractivity contribution in [3.05, 3.63) is 30.1 Å². The SMILES string of the molecule is Cc1nc(-c2ccccc2NC(=O)CNCC2CC2)n[nH]1. The average molecular weight is 285 g/mol. The number of nitrogens with one attached hydrogen (secondary N) is 3. The summed E-state index contributed by atoms with van der Waals surface area (Å²) in [5, 5.41) is 13.1. The fourth-order valence-corrected chi connectivity index (χ4v) is 2.16. The van der Waals surface area contributed by atoms with Crippen LogP contribution in [0.2, 0.25) is 0 Å². The van der Waals surface area contributed by atoms with Crippen LogP contribution in [0.15, 0.2) is 24.3 Å². The maximum Gasteiger partial charge on any atom is 0.238 e. The highest BCUT2D eigenvalue weighted by atomic mass is 16.1. The van der Waals surface area contributed by atoms with E-state index in [2.05, 4.69) is 25.8 Å². The quantitative estimate of drug-likeness (QED) is 0.754. The Morgan fingerprint density at radius 2 is 2.19 bits per heavy atom. The number of aromatic nitrogens is 3. The zero-order valence-corrected chi connectivity index (χ0v) is 12.0. The molecule has 3 rings (SSSR count). The zero-order valence-electron chi connectivity index (χ0n) is 12.0. The molecule has 6 nitrogen and oxygen atoms in total. The summed E-state index contributed by atoms with van der Waals surface area (Å²) in [7, 11) is 0. The van der Waals surface area contributed by atoms with E-state index in [9.17, 15) is 4.79 Å². The van der Waals surface area contributed by atoms with E-state index >= 15 is 0 Å². The monoisotopic (exact) mass is 285 g/mol. The number of amides is 1. The number of carbonyl (C=O) groups is 1. The van der Waals surface area contributed by atoms with Crippen molar-refractivity contribution in [2.45, 2.75) is 19.8 Å². The summed E-state index contributed by atoms with van der Waals surface area (Å²) in [5.41, 5.74) is 1.55. The van der Waals surface area contributed by atoms with Gasteiger partial charge in [-0.1, -0.05) is 12.1 Å². The highest BCUT2D eigenvalue weighted by Crippen LogP contribution is 2.27. The van der Waals surface area contributed by atoms with Crippen LogP contribution < -0.4 is 10.6 Å². The van der Waals surface area contributed by atoms with Crippen LogP contribution in [0.4, 0.5) is 5.69 Å². The topological polar surface area (TPSA) is 82.7 Å². The number of para-hydroxylation sites is 1. The van der Waals surface area contributed by atoms with E-state index < -0.39 is 0 Å². The Morgan fingerprint density at radius 3 is 2.90 bits per heavy atom. The summed E-state index contributed by atoms with van der Waals surface area (Å²) in [6.45, 7) is 3.10. The third kappa shape index (κ3) is 3.66. The first-order chi connectivity index (χ1) is 10.2. The molecule has 1 aromatic carbocycles. The Balaban J connectivity index is 1.65. The third-order valence-corrected chi connectivity index (χ3v) is 3.45. The molecule has 1 aliphatic carbocycles. The summed E-state index contributed by atoms with van der Waals surface area (Å²) < 4.78 is 0. The van der Waals surface area contributed by atoms with Gasteiger partial charge >= 0.3 is 0 Å². The average Bonchev–Trinajstić information content (AvgIpc) is 3.19. The van der Waals surface area contributed by atoms with Gasteiger partial charge in [0.1, 0.15) is 5.82 Å². The molecule has 3 N–H and O–H groups in total. The first-order valence-electron chi connectivity index (χ1n) is 7.21. The number of rotatable bonds is 6. The van der Waals surface area contributed by atoms with Crippen molar-refractivity contribution in [2.75, 3.05) is 18.4 Å². The van der Waals surface area contributed by atoms with Crippen molar-refractivity contribution >= 4 is 11.6 Å². The van der Waals surface area contributed by atoms with Crippen LogP contribution in [0.1, 0.15) is 18.7 Å². The van der Waals surface area contributed by atoms with Crippen molar-refractivity contribution in [2.24, 2.45) is 5.92 Å². The van der Waals surface area contributed by atoms with Gasteiger partial charge in [-0.3, -0.25) is 9.89 Å². The number of H-pyrrole nitrogens is 1. The molecule has 6 heteroatoms. The first-order valence-corrected chi connectivity index (χ1v) is 7.21. The van der Waals surface area contributed by atoms with Crippen LogP contribution in [-0.4, -0.2) is 34.2 Å². The maximum atomic E-state index is 12.0. The molecule has 1 aliphatic rings. The van der Waals surface area contributed by atoms with Crippen LogP contribution in [0.5, 0.6) is 0 Å². The highest BCUT2D eigenvalue weighted by Gasteiger charge is 2.20. The van der Waals surface area contributed by atoms with E-state index in [1.807, 2.05) is 31.2 Å². The molecular weight excluding hydrogens is 266 g/mol. The molecular formula is C15H19N5O. The standard InChI is InChI=1S/C15H19N5O/c1-10-17-15(20-19-10)12-4-2-3-5-13(12)18-14(21)9-16-8-11-6-7-11/h2-5,11,16H,6-9H2,1H3,(H,18,21)(H,17,19,20). The van der Waals surface area contributed by atoms with Gasteiger partial charge in [0.15, 0.2) is 5.82 Å². The lowest BCUT2D eigenvalue weighted by Gasteiger charge is -2.09. The number of nitrogens with zero attached hydrogens (tertiary/aromatic N) is 2. The molecule has 0 radical (unpaired) electrons. The Morgan fingerprint density at radius 1 is 1.38 bits per heavy atom. The zero-order chi connectivity index (χ0) is 14.7. The number of anilines is 1. The Bertz CT molecular complexity index is 632. The summed E-state index contributed by atoms with van der Waals surface area (Å²) >= 11 is 0. The maximum absolute atomic E-state index is 12.0. The van der Waals surface area contributed by atoms with Gasteiger partial charge in [0.2, 0.25) is 5.91 Å². The van der Waals surface area contributed by atoms with Gasteiger partial charge in [-0.2, -0.15) is 5.10 Å². The summed E-state index contributed by atoms with van der Waals surface area (Å²) in [4.78, 5) is 16.3. The fourth-order valence-electron chi connectivity index (χ4n) is 2.16. The van der Waals surface area contributed by atoms with E-state index in [-0.39, 0.29) is 5.91 Å². The number of aryl methyl sites for hydroxylation is 1. The molecule has 1 aromatic heterocycles. The number of hydrogen-bond acceptors (Lipinski definition) is 4. The van der Waals surface area contributed by atoms with E-state index in [4.69, 9.17) is 0 Å². The second kappa shape index (κ2) is 6.05. The predicted octanol–water partition coefficient (Wildman–Crippen LogP) is 1.72. The molecule has 1 amide bonds. The van der Waals surface area contributed by atoms with E-state index in [1.165, 1.54) is 12.8 Å². The number of aromatic amines is 1. The Labute approximate surface area is 123 Å². The van der Waals surface area contributed by atoms with Gasteiger partial charge in [-0.15, -0.1) is 0 Å². The minimum absolute atomic E-state index is 0.0460. The van der Waals surface area contributed by atoms with Crippen LogP contribution >= 0.6 is 0 Å². The van der Waals surface area contributed by atoms with E-state index in [1.54, 1.807) is 0 Å². The van der Waals surface area contributed by atoms with E-state index in [0.29, 0.717) is 12.4 Å². The molecule has 0 spiro atoms. The minimum Gasteiger partial charge on any atom is -0.324 e. The van der Waals surface area contributed by atoms with Crippen molar-refractivity contribution < 1.29 is 4.79 Å². The molecule has 1 heterocycles. The highest BCUT2D eigenvalue weighted by molar-refractivity contribution is 5.95. The lowest BCUT2D eigenvalue weighted by Crippen LogP contribution is -2.29. The second-order valence-electron chi connectivity index (χ2n) is 5.41. The molecule has 21 heavy (non-hydrogen) atoms. The number of benzene rings is 1. The molecule has 1 saturated carbocycles. The smallest absolute Gasteiger partial charge is 0.238 e. The summed E-state index contributed by atoms with van der Waals surface area (Å²) in [6.07, 6.45) is 2.56. The molecule has 0 saturated heterocycles. The van der Waals surface area contributed by atoms with Crippen LogP contribution in [0.25, 0.3) is 11.4 Å². The summed E-state index contributed by atoms with van der Waals surface area (Å²) in [6, 6.07) is 7.55. The first kappa shape index (κ1) is 13.8. The molecule has 0 bridgehead atoms. The van der Waals surface area contributed by atoms with Crippen LogP contribution in [0, 0.1) is 12.8 Å². The third-order valence-electron chi connectivity index (χ3n) is 3.45. The van der Waals surface area contributed by atoms with Gasteiger partial charge in [0, 0.05) is 5.56 Å². The van der Waals surface area contributed by atoms with Gasteiger partial charge in [-0.05, 0) is 44.4 Å². The minimum atomic E-state index is -0.0460. The second-order valence-corrected chi connectivity index (χ2v) is 5.41. The lowest BCUT2D eigenvalue weighted by atomic mass is 10.1. The fraction of sp³-hybridized carbons (Fsp3) is 0.400. The van der Waals surface area contributed by atoms with Crippen LogP contribution in [-0.2, 0) is 4.79 Å². The molecule has 1 fully saturated rings. The van der Waals surface area contributed by atoms with Gasteiger partial charge in [0.05, 0.1) is 12.2 Å². The van der Waals surface area contributed by atoms with Crippen molar-refractivity contribution in [1.29, 1.82) is 0 Å². The van der Waals surface area contributed by atoms with Crippen molar-refractivity contribution in [3.63, 3.8) is 0 Å². The molecule has 110 valence electrons. The predicted molar refractivity (Wildman–Crippen MR) is 80.8 cm³/mol. The van der Waals surface area contributed by atoms with Gasteiger partial charge < -0.3 is 10.6 Å². The Kier molecular flexibility index (Phi) is 3.96. The van der Waals surface area contributed by atoms with Crippen molar-refractivity contribution in [3.8, 4) is 11.4 Å². The normalized spacial score (nSPS) is 14.1. The molecule has 0 aliphatic heterocycles. The van der Waals surface area contributed by atoms with Gasteiger partial charge in [-0.25, -0.2) is 4.98 Å². The lowest BCUT2D eigenvalue weighted by molar-refractivity contribution is -0.115. The molecule has 2 aromatic rings. The number of carbonyl (C=O) groups excluding carboxylic acids is 1. The van der Waals surface area contributed by atoms with Crippen molar-refractivity contribution in [1.82, 2.24) is 20.5 Å². The molecule has 0 atom stereocenters.